The monoisotopic (exact) mass is 252 g/mol. The highest BCUT2D eigenvalue weighted by atomic mass is 16.5. The summed E-state index contributed by atoms with van der Waals surface area (Å²) in [6.45, 7) is 6.44. The Balaban J connectivity index is 2.10. The number of ether oxygens (including phenoxy) is 1. The minimum Gasteiger partial charge on any atom is -0.497 e. The Labute approximate surface area is 115 Å². The van der Waals surface area contributed by atoms with Gasteiger partial charge in [0.2, 0.25) is 0 Å². The lowest BCUT2D eigenvalue weighted by Crippen LogP contribution is -2.00. The number of hydrogen-bond donors (Lipinski definition) is 0. The fraction of sp³-hybridized carbons (Fsp3) is 0.222. The van der Waals surface area contributed by atoms with E-state index >= 15 is 0 Å². The standard InChI is InChI=1S/C18H20O/c1-14(12-16-8-5-4-6-9-16)15(2)17-10-7-11-18(13-17)19-3/h4-11,13,15H,1,12H2,2-3H3/t15-/m0/s1. The van der Waals surface area contributed by atoms with Crippen molar-refractivity contribution in [3.05, 3.63) is 77.9 Å². The van der Waals surface area contributed by atoms with Crippen LogP contribution in [0.3, 0.4) is 0 Å². The van der Waals surface area contributed by atoms with Crippen LogP contribution in [-0.2, 0) is 6.42 Å². The first-order chi connectivity index (χ1) is 9.20. The van der Waals surface area contributed by atoms with Crippen LogP contribution in [0, 0.1) is 0 Å². The minimum atomic E-state index is 0.329. The highest BCUT2D eigenvalue weighted by Gasteiger charge is 2.10. The van der Waals surface area contributed by atoms with Gasteiger partial charge in [0.05, 0.1) is 7.11 Å². The van der Waals surface area contributed by atoms with Gasteiger partial charge in [-0.05, 0) is 29.7 Å². The molecule has 0 aromatic heterocycles. The molecular formula is C18H20O. The number of rotatable bonds is 5. The minimum absolute atomic E-state index is 0.329. The van der Waals surface area contributed by atoms with Crippen molar-refractivity contribution in [2.24, 2.45) is 0 Å². The average Bonchev–Trinajstić information content (AvgIpc) is 2.47. The Morgan fingerprint density at radius 1 is 1.11 bits per heavy atom. The fourth-order valence-electron chi connectivity index (χ4n) is 2.16. The Morgan fingerprint density at radius 3 is 2.53 bits per heavy atom. The van der Waals surface area contributed by atoms with Crippen LogP contribution in [0.4, 0.5) is 0 Å². The van der Waals surface area contributed by atoms with Crippen molar-refractivity contribution in [3.8, 4) is 5.75 Å². The Kier molecular flexibility index (Phi) is 4.40. The zero-order chi connectivity index (χ0) is 13.7. The van der Waals surface area contributed by atoms with Gasteiger partial charge in [0.25, 0.3) is 0 Å². The molecule has 1 atom stereocenters. The van der Waals surface area contributed by atoms with Crippen molar-refractivity contribution in [1.29, 1.82) is 0 Å². The van der Waals surface area contributed by atoms with E-state index in [2.05, 4.69) is 49.9 Å². The molecule has 0 aliphatic heterocycles. The molecule has 19 heavy (non-hydrogen) atoms. The predicted molar refractivity (Wildman–Crippen MR) is 80.7 cm³/mol. The molecule has 0 amide bonds. The summed E-state index contributed by atoms with van der Waals surface area (Å²) in [5.74, 6) is 1.23. The summed E-state index contributed by atoms with van der Waals surface area (Å²) in [6.07, 6.45) is 0.916. The summed E-state index contributed by atoms with van der Waals surface area (Å²) < 4.78 is 5.27. The third kappa shape index (κ3) is 3.47. The molecule has 0 N–H and O–H groups in total. The van der Waals surface area contributed by atoms with Gasteiger partial charge < -0.3 is 4.74 Å². The molecule has 1 heteroatoms. The molecule has 0 radical (unpaired) electrons. The summed E-state index contributed by atoms with van der Waals surface area (Å²) >= 11 is 0. The van der Waals surface area contributed by atoms with Crippen molar-refractivity contribution in [2.45, 2.75) is 19.3 Å². The van der Waals surface area contributed by atoms with E-state index in [0.717, 1.165) is 12.2 Å². The van der Waals surface area contributed by atoms with E-state index < -0.39 is 0 Å². The van der Waals surface area contributed by atoms with Crippen LogP contribution in [0.2, 0.25) is 0 Å². The van der Waals surface area contributed by atoms with Crippen molar-refractivity contribution in [2.75, 3.05) is 7.11 Å². The zero-order valence-electron chi connectivity index (χ0n) is 11.6. The molecule has 98 valence electrons. The maximum atomic E-state index is 5.27. The molecule has 0 aliphatic rings. The van der Waals surface area contributed by atoms with E-state index in [9.17, 15) is 0 Å². The smallest absolute Gasteiger partial charge is 0.119 e. The summed E-state index contributed by atoms with van der Waals surface area (Å²) in [4.78, 5) is 0. The molecule has 0 aliphatic carbocycles. The van der Waals surface area contributed by atoms with Crippen LogP contribution in [0.25, 0.3) is 0 Å². The summed E-state index contributed by atoms with van der Waals surface area (Å²) in [5.41, 5.74) is 3.78. The van der Waals surface area contributed by atoms with Gasteiger partial charge in [0.1, 0.15) is 5.75 Å². The second-order valence-electron chi connectivity index (χ2n) is 4.82. The van der Waals surface area contributed by atoms with Crippen molar-refractivity contribution < 1.29 is 4.74 Å². The highest BCUT2D eigenvalue weighted by molar-refractivity contribution is 5.35. The number of methoxy groups -OCH3 is 1. The summed E-state index contributed by atoms with van der Waals surface area (Å²) in [6, 6.07) is 18.7. The molecule has 0 unspecified atom stereocenters. The van der Waals surface area contributed by atoms with Gasteiger partial charge >= 0.3 is 0 Å². The van der Waals surface area contributed by atoms with E-state index in [4.69, 9.17) is 4.74 Å². The maximum absolute atomic E-state index is 5.27. The molecule has 2 aromatic rings. The molecule has 0 saturated heterocycles. The quantitative estimate of drug-likeness (QED) is 0.707. The number of allylic oxidation sites excluding steroid dienone is 1. The lowest BCUT2D eigenvalue weighted by Gasteiger charge is -2.16. The van der Waals surface area contributed by atoms with Gasteiger partial charge in [-0.2, -0.15) is 0 Å². The first-order valence-electron chi connectivity index (χ1n) is 6.56. The van der Waals surface area contributed by atoms with Crippen LogP contribution in [0.5, 0.6) is 5.75 Å². The second kappa shape index (κ2) is 6.24. The predicted octanol–water partition coefficient (Wildman–Crippen LogP) is 4.60. The molecular weight excluding hydrogens is 232 g/mol. The second-order valence-corrected chi connectivity index (χ2v) is 4.82. The first-order valence-corrected chi connectivity index (χ1v) is 6.56. The third-order valence-electron chi connectivity index (χ3n) is 3.48. The normalized spacial score (nSPS) is 11.9. The van der Waals surface area contributed by atoms with E-state index in [1.807, 2.05) is 18.2 Å². The molecule has 0 spiro atoms. The van der Waals surface area contributed by atoms with Crippen LogP contribution in [0.15, 0.2) is 66.7 Å². The van der Waals surface area contributed by atoms with Crippen LogP contribution >= 0.6 is 0 Å². The maximum Gasteiger partial charge on any atom is 0.119 e. The highest BCUT2D eigenvalue weighted by Crippen LogP contribution is 2.27. The zero-order valence-corrected chi connectivity index (χ0v) is 11.6. The molecule has 0 heterocycles. The van der Waals surface area contributed by atoms with Gasteiger partial charge in [-0.1, -0.05) is 61.5 Å². The average molecular weight is 252 g/mol. The van der Waals surface area contributed by atoms with E-state index in [1.54, 1.807) is 7.11 Å². The molecule has 2 aromatic carbocycles. The molecule has 1 nitrogen and oxygen atoms in total. The van der Waals surface area contributed by atoms with Crippen LogP contribution in [-0.4, -0.2) is 7.11 Å². The topological polar surface area (TPSA) is 9.23 Å². The van der Waals surface area contributed by atoms with Gasteiger partial charge in [-0.3, -0.25) is 0 Å². The number of benzene rings is 2. The van der Waals surface area contributed by atoms with Crippen LogP contribution in [0.1, 0.15) is 24.0 Å². The molecule has 0 fully saturated rings. The molecule has 0 bridgehead atoms. The number of hydrogen-bond acceptors (Lipinski definition) is 1. The van der Waals surface area contributed by atoms with Gasteiger partial charge in [-0.25, -0.2) is 0 Å². The molecule has 0 saturated carbocycles. The summed E-state index contributed by atoms with van der Waals surface area (Å²) in [7, 11) is 1.70. The SMILES string of the molecule is C=C(Cc1ccccc1)[C@H](C)c1cccc(OC)c1. The lowest BCUT2D eigenvalue weighted by atomic mass is 9.90. The lowest BCUT2D eigenvalue weighted by molar-refractivity contribution is 0.414. The Morgan fingerprint density at radius 2 is 1.84 bits per heavy atom. The third-order valence-corrected chi connectivity index (χ3v) is 3.48. The summed E-state index contributed by atoms with van der Waals surface area (Å²) in [5, 5.41) is 0. The van der Waals surface area contributed by atoms with E-state index in [0.29, 0.717) is 5.92 Å². The largest absolute Gasteiger partial charge is 0.497 e. The van der Waals surface area contributed by atoms with Crippen molar-refractivity contribution in [1.82, 2.24) is 0 Å². The van der Waals surface area contributed by atoms with Gasteiger partial charge in [0.15, 0.2) is 0 Å². The Bertz CT molecular complexity index is 543. The Hall–Kier alpha value is -2.02. The van der Waals surface area contributed by atoms with E-state index in [1.165, 1.54) is 16.7 Å². The van der Waals surface area contributed by atoms with Gasteiger partial charge in [-0.15, -0.1) is 0 Å². The molecule has 2 rings (SSSR count). The van der Waals surface area contributed by atoms with Crippen molar-refractivity contribution >= 4 is 0 Å². The van der Waals surface area contributed by atoms with Crippen molar-refractivity contribution in [3.63, 3.8) is 0 Å². The van der Waals surface area contributed by atoms with E-state index in [-0.39, 0.29) is 0 Å². The van der Waals surface area contributed by atoms with Gasteiger partial charge in [0, 0.05) is 5.92 Å². The fourth-order valence-corrected chi connectivity index (χ4v) is 2.16. The van der Waals surface area contributed by atoms with Crippen LogP contribution < -0.4 is 4.74 Å². The first kappa shape index (κ1) is 13.4.